The van der Waals surface area contributed by atoms with Crippen molar-refractivity contribution in [1.29, 1.82) is 0 Å². The van der Waals surface area contributed by atoms with Crippen LogP contribution in [0, 0.1) is 0 Å². The Labute approximate surface area is 168 Å². The fourth-order valence-corrected chi connectivity index (χ4v) is 3.93. The minimum atomic E-state index is -3.61. The molecule has 0 saturated heterocycles. The second-order valence-electron chi connectivity index (χ2n) is 5.35. The van der Waals surface area contributed by atoms with Crippen molar-refractivity contribution in [2.24, 2.45) is 0 Å². The Bertz CT molecular complexity index is 1040. The van der Waals surface area contributed by atoms with Gasteiger partial charge in [-0.3, -0.25) is 0 Å². The van der Waals surface area contributed by atoms with Gasteiger partial charge >= 0.3 is 0 Å². The summed E-state index contributed by atoms with van der Waals surface area (Å²) in [5, 5.41) is 4.53. The van der Waals surface area contributed by atoms with E-state index in [0.29, 0.717) is 21.4 Å². The molecule has 0 saturated carbocycles. The van der Waals surface area contributed by atoms with E-state index in [1.54, 1.807) is 12.1 Å². The largest absolute Gasteiger partial charge is 0.338 e. The Morgan fingerprint density at radius 1 is 1.12 bits per heavy atom. The summed E-state index contributed by atoms with van der Waals surface area (Å²) in [4.78, 5) is 4.19. The van der Waals surface area contributed by atoms with Crippen molar-refractivity contribution in [2.45, 2.75) is 12.3 Å². The van der Waals surface area contributed by atoms with E-state index in [1.165, 1.54) is 6.07 Å². The molecule has 26 heavy (non-hydrogen) atoms. The van der Waals surface area contributed by atoms with Crippen LogP contribution in [0.3, 0.4) is 0 Å². The molecule has 0 unspecified atom stereocenters. The van der Waals surface area contributed by atoms with Crippen LogP contribution < -0.4 is 4.72 Å². The van der Waals surface area contributed by atoms with Gasteiger partial charge in [-0.25, -0.2) is 13.1 Å². The van der Waals surface area contributed by atoms with Crippen LogP contribution in [0.25, 0.3) is 11.4 Å². The van der Waals surface area contributed by atoms with Gasteiger partial charge in [0.15, 0.2) is 0 Å². The second-order valence-corrected chi connectivity index (χ2v) is 8.89. The molecule has 0 amide bonds. The number of benzene rings is 2. The highest BCUT2D eigenvalue weighted by Gasteiger charge is 2.15. The first-order valence-electron chi connectivity index (χ1n) is 7.32. The lowest BCUT2D eigenvalue weighted by atomic mass is 10.2. The zero-order valence-corrected chi connectivity index (χ0v) is 17.0. The highest BCUT2D eigenvalue weighted by molar-refractivity contribution is 9.10. The number of aromatic nitrogens is 2. The quantitative estimate of drug-likeness (QED) is 0.568. The third kappa shape index (κ3) is 5.05. The molecule has 0 atom stereocenters. The first kappa shape index (κ1) is 19.3. The topological polar surface area (TPSA) is 85.1 Å². The molecule has 0 aliphatic rings. The van der Waals surface area contributed by atoms with E-state index in [-0.39, 0.29) is 18.2 Å². The van der Waals surface area contributed by atoms with Gasteiger partial charge < -0.3 is 4.52 Å². The van der Waals surface area contributed by atoms with E-state index in [0.717, 1.165) is 10.0 Å². The predicted octanol–water partition coefficient (Wildman–Crippen LogP) is 4.43. The highest BCUT2D eigenvalue weighted by atomic mass is 79.9. The van der Waals surface area contributed by atoms with Crippen molar-refractivity contribution in [3.63, 3.8) is 0 Å². The summed E-state index contributed by atoms with van der Waals surface area (Å²) in [6.07, 6.45) is 0. The van der Waals surface area contributed by atoms with Crippen molar-refractivity contribution in [3.8, 4) is 11.4 Å². The van der Waals surface area contributed by atoms with Crippen molar-refractivity contribution in [3.05, 3.63) is 68.4 Å². The molecule has 1 heterocycles. The molecule has 1 N–H and O–H groups in total. The molecule has 0 radical (unpaired) electrons. The van der Waals surface area contributed by atoms with Crippen molar-refractivity contribution in [2.75, 3.05) is 0 Å². The van der Waals surface area contributed by atoms with Gasteiger partial charge in [0, 0.05) is 10.0 Å². The van der Waals surface area contributed by atoms with Gasteiger partial charge in [0.2, 0.25) is 21.7 Å². The fraction of sp³-hybridized carbons (Fsp3) is 0.125. The molecule has 0 spiro atoms. The number of sulfonamides is 1. The Morgan fingerprint density at radius 3 is 2.65 bits per heavy atom. The van der Waals surface area contributed by atoms with Gasteiger partial charge in [-0.15, -0.1) is 0 Å². The molecule has 0 bridgehead atoms. The molecule has 0 aliphatic heterocycles. The predicted molar refractivity (Wildman–Crippen MR) is 103 cm³/mol. The monoisotopic (exact) mass is 475 g/mol. The molecule has 2 aromatic carbocycles. The van der Waals surface area contributed by atoms with Crippen LogP contribution >= 0.6 is 39.1 Å². The lowest BCUT2D eigenvalue weighted by molar-refractivity contribution is 0.376. The average Bonchev–Trinajstić information content (AvgIpc) is 3.05. The molecule has 1 aromatic heterocycles. The van der Waals surface area contributed by atoms with E-state index in [9.17, 15) is 8.42 Å². The average molecular weight is 477 g/mol. The summed E-state index contributed by atoms with van der Waals surface area (Å²) in [5.74, 6) is 0.305. The van der Waals surface area contributed by atoms with Crippen molar-refractivity contribution in [1.82, 2.24) is 14.9 Å². The number of hydrogen-bond donors (Lipinski definition) is 1. The maximum atomic E-state index is 12.2. The van der Waals surface area contributed by atoms with Crippen molar-refractivity contribution < 1.29 is 12.9 Å². The summed E-state index contributed by atoms with van der Waals surface area (Å²) in [6, 6.07) is 12.1. The number of nitrogens with one attached hydrogen (secondary N) is 1. The Hall–Kier alpha value is -1.45. The molecule has 10 heteroatoms. The van der Waals surface area contributed by atoms with Gasteiger partial charge in [0.1, 0.15) is 0 Å². The third-order valence-electron chi connectivity index (χ3n) is 3.33. The molecule has 3 aromatic rings. The normalized spacial score (nSPS) is 11.7. The van der Waals surface area contributed by atoms with Crippen LogP contribution in [-0.4, -0.2) is 18.6 Å². The van der Waals surface area contributed by atoms with Gasteiger partial charge in [0.05, 0.1) is 22.3 Å². The summed E-state index contributed by atoms with van der Waals surface area (Å²) < 4.78 is 32.8. The zero-order chi connectivity index (χ0) is 18.7. The number of rotatable bonds is 6. The van der Waals surface area contributed by atoms with E-state index in [2.05, 4.69) is 30.8 Å². The third-order valence-corrected chi connectivity index (χ3v) is 5.86. The van der Waals surface area contributed by atoms with Crippen LogP contribution in [0.15, 0.2) is 51.5 Å². The summed E-state index contributed by atoms with van der Waals surface area (Å²) in [7, 11) is -3.61. The fourth-order valence-electron chi connectivity index (χ4n) is 2.14. The maximum Gasteiger partial charge on any atom is 0.242 e. The van der Waals surface area contributed by atoms with Crippen LogP contribution in [0.2, 0.25) is 10.0 Å². The minimum Gasteiger partial charge on any atom is -0.338 e. The SMILES string of the molecule is O=S(=O)(Cc1ccc(Cl)c(Cl)c1)NCc1nc(-c2cccc(Br)c2)no1. The molecular weight excluding hydrogens is 465 g/mol. The van der Waals surface area contributed by atoms with Crippen LogP contribution in [0.5, 0.6) is 0 Å². The van der Waals surface area contributed by atoms with Crippen LogP contribution in [0.1, 0.15) is 11.5 Å². The lowest BCUT2D eigenvalue weighted by Crippen LogP contribution is -2.24. The van der Waals surface area contributed by atoms with Gasteiger partial charge in [-0.05, 0) is 29.8 Å². The number of nitrogens with zero attached hydrogens (tertiary/aromatic N) is 2. The minimum absolute atomic E-state index is 0.106. The van der Waals surface area contributed by atoms with E-state index in [4.69, 9.17) is 27.7 Å². The van der Waals surface area contributed by atoms with Gasteiger partial charge in [-0.1, -0.05) is 62.5 Å². The molecular formula is C16H12BrCl2N3O3S. The summed E-state index contributed by atoms with van der Waals surface area (Å²) >= 11 is 15.1. The van der Waals surface area contributed by atoms with Gasteiger partial charge in [0.25, 0.3) is 0 Å². The summed E-state index contributed by atoms with van der Waals surface area (Å²) in [6.45, 7) is -0.106. The molecule has 136 valence electrons. The Morgan fingerprint density at radius 2 is 1.92 bits per heavy atom. The van der Waals surface area contributed by atoms with Crippen molar-refractivity contribution >= 4 is 49.2 Å². The molecule has 0 fully saturated rings. The number of hydrogen-bond acceptors (Lipinski definition) is 5. The second kappa shape index (κ2) is 8.06. The Kier molecular flexibility index (Phi) is 5.99. The highest BCUT2D eigenvalue weighted by Crippen LogP contribution is 2.23. The van der Waals surface area contributed by atoms with E-state index >= 15 is 0 Å². The summed E-state index contributed by atoms with van der Waals surface area (Å²) in [5.41, 5.74) is 1.28. The van der Waals surface area contributed by atoms with Crippen LogP contribution in [0.4, 0.5) is 0 Å². The molecule has 3 rings (SSSR count). The van der Waals surface area contributed by atoms with E-state index in [1.807, 2.05) is 24.3 Å². The molecule has 6 nitrogen and oxygen atoms in total. The zero-order valence-electron chi connectivity index (χ0n) is 13.1. The van der Waals surface area contributed by atoms with Crippen LogP contribution in [-0.2, 0) is 22.3 Å². The Balaban J connectivity index is 1.65. The van der Waals surface area contributed by atoms with Gasteiger partial charge in [-0.2, -0.15) is 4.98 Å². The first-order valence-corrected chi connectivity index (χ1v) is 10.5. The smallest absolute Gasteiger partial charge is 0.242 e. The maximum absolute atomic E-state index is 12.2. The molecule has 0 aliphatic carbocycles. The standard InChI is InChI=1S/C16H12BrCl2N3O3S/c17-12-3-1-2-11(7-12)16-21-15(25-22-16)8-20-26(23,24)9-10-4-5-13(18)14(19)6-10/h1-7,20H,8-9H2. The van der Waals surface area contributed by atoms with E-state index < -0.39 is 10.0 Å². The lowest BCUT2D eigenvalue weighted by Gasteiger charge is -2.05. The number of halogens is 3. The first-order chi connectivity index (χ1) is 12.3.